The number of aromatic amines is 1. The first-order valence-corrected chi connectivity index (χ1v) is 6.43. The van der Waals surface area contributed by atoms with Gasteiger partial charge in [0.1, 0.15) is 5.75 Å². The molecule has 1 aromatic heterocycles. The Bertz CT molecular complexity index is 569. The van der Waals surface area contributed by atoms with Gasteiger partial charge < -0.3 is 14.6 Å². The molecule has 1 N–H and O–H groups in total. The van der Waals surface area contributed by atoms with Crippen LogP contribution in [0.3, 0.4) is 0 Å². The van der Waals surface area contributed by atoms with Crippen LogP contribution in [0, 0.1) is 0 Å². The summed E-state index contributed by atoms with van der Waals surface area (Å²) in [5.41, 5.74) is 1.91. The van der Waals surface area contributed by atoms with Crippen LogP contribution in [-0.4, -0.2) is 31.1 Å². The lowest BCUT2D eigenvalue weighted by Crippen LogP contribution is -2.10. The molecule has 0 aliphatic carbocycles. The fourth-order valence-corrected chi connectivity index (χ4v) is 2.72. The summed E-state index contributed by atoms with van der Waals surface area (Å²) < 4.78 is 5.13. The Kier molecular flexibility index (Phi) is 3.84. The minimum atomic E-state index is -0.0160. The van der Waals surface area contributed by atoms with Crippen molar-refractivity contribution in [2.75, 3.05) is 21.2 Å². The van der Waals surface area contributed by atoms with E-state index in [9.17, 15) is 4.79 Å². The maximum atomic E-state index is 11.5. The molecule has 5 heteroatoms. The summed E-state index contributed by atoms with van der Waals surface area (Å²) >= 11 is 1.26. The largest absolute Gasteiger partial charge is 0.497 e. The summed E-state index contributed by atoms with van der Waals surface area (Å²) in [5.74, 6) is 0.811. The normalized spacial score (nSPS) is 10.9. The standard InChI is InChI=1S/C13H16N2O2S/c1-15(2)8-11-12(14-13(16)18-11)9-4-6-10(17-3)7-5-9/h4-7H,8H2,1-3H3,(H,14,16). The van der Waals surface area contributed by atoms with Gasteiger partial charge in [0.05, 0.1) is 12.8 Å². The minimum Gasteiger partial charge on any atom is -0.497 e. The Labute approximate surface area is 110 Å². The van der Waals surface area contributed by atoms with E-state index in [1.54, 1.807) is 7.11 Å². The molecule has 0 bridgehead atoms. The van der Waals surface area contributed by atoms with E-state index in [1.807, 2.05) is 43.3 Å². The highest BCUT2D eigenvalue weighted by Crippen LogP contribution is 2.25. The minimum absolute atomic E-state index is 0.0160. The van der Waals surface area contributed by atoms with Crippen LogP contribution in [0.4, 0.5) is 0 Å². The SMILES string of the molecule is COc1ccc(-c2[nH]c(=O)sc2CN(C)C)cc1. The Morgan fingerprint density at radius 3 is 2.50 bits per heavy atom. The molecule has 0 radical (unpaired) electrons. The van der Waals surface area contributed by atoms with E-state index in [4.69, 9.17) is 4.74 Å². The number of hydrogen-bond donors (Lipinski definition) is 1. The first-order valence-electron chi connectivity index (χ1n) is 5.61. The van der Waals surface area contributed by atoms with Gasteiger partial charge in [-0.05, 0) is 43.9 Å². The van der Waals surface area contributed by atoms with E-state index < -0.39 is 0 Å². The number of benzene rings is 1. The molecule has 18 heavy (non-hydrogen) atoms. The lowest BCUT2D eigenvalue weighted by Gasteiger charge is -2.09. The highest BCUT2D eigenvalue weighted by molar-refractivity contribution is 7.09. The predicted molar refractivity (Wildman–Crippen MR) is 74.3 cm³/mol. The third-order valence-corrected chi connectivity index (χ3v) is 3.43. The maximum absolute atomic E-state index is 11.5. The highest BCUT2D eigenvalue weighted by Gasteiger charge is 2.11. The number of nitrogens with zero attached hydrogens (tertiary/aromatic N) is 1. The summed E-state index contributed by atoms with van der Waals surface area (Å²) in [6.45, 7) is 0.755. The van der Waals surface area contributed by atoms with E-state index in [2.05, 4.69) is 4.98 Å². The van der Waals surface area contributed by atoms with E-state index in [1.165, 1.54) is 11.3 Å². The lowest BCUT2D eigenvalue weighted by molar-refractivity contribution is 0.406. The number of thiazole rings is 1. The first-order chi connectivity index (χ1) is 8.60. The summed E-state index contributed by atoms with van der Waals surface area (Å²) in [7, 11) is 5.61. The van der Waals surface area contributed by atoms with Gasteiger partial charge in [-0.1, -0.05) is 11.3 Å². The lowest BCUT2D eigenvalue weighted by atomic mass is 10.1. The molecule has 0 amide bonds. The Morgan fingerprint density at radius 2 is 1.94 bits per heavy atom. The zero-order valence-electron chi connectivity index (χ0n) is 10.7. The maximum Gasteiger partial charge on any atom is 0.305 e. The Hall–Kier alpha value is -1.59. The van der Waals surface area contributed by atoms with Gasteiger partial charge in [0.2, 0.25) is 0 Å². The molecular formula is C13H16N2O2S. The molecule has 0 atom stereocenters. The second kappa shape index (κ2) is 5.37. The van der Waals surface area contributed by atoms with E-state index in [0.29, 0.717) is 0 Å². The molecular weight excluding hydrogens is 248 g/mol. The molecule has 2 aromatic rings. The van der Waals surface area contributed by atoms with Gasteiger partial charge in [0, 0.05) is 11.4 Å². The van der Waals surface area contributed by atoms with Crippen molar-refractivity contribution in [1.82, 2.24) is 9.88 Å². The van der Waals surface area contributed by atoms with Gasteiger partial charge in [0.15, 0.2) is 0 Å². The summed E-state index contributed by atoms with van der Waals surface area (Å²) in [6, 6.07) is 7.70. The second-order valence-corrected chi connectivity index (χ2v) is 5.35. The number of hydrogen-bond acceptors (Lipinski definition) is 4. The Balaban J connectivity index is 2.39. The van der Waals surface area contributed by atoms with Crippen LogP contribution >= 0.6 is 11.3 Å². The van der Waals surface area contributed by atoms with Crippen LogP contribution in [0.2, 0.25) is 0 Å². The van der Waals surface area contributed by atoms with E-state index in [0.717, 1.165) is 28.4 Å². The fraction of sp³-hybridized carbons (Fsp3) is 0.308. The smallest absolute Gasteiger partial charge is 0.305 e. The molecule has 1 aromatic carbocycles. The Morgan fingerprint density at radius 1 is 1.28 bits per heavy atom. The van der Waals surface area contributed by atoms with Gasteiger partial charge in [0.25, 0.3) is 0 Å². The molecule has 4 nitrogen and oxygen atoms in total. The molecule has 96 valence electrons. The zero-order chi connectivity index (χ0) is 13.1. The summed E-state index contributed by atoms with van der Waals surface area (Å²) in [5, 5.41) is 0. The van der Waals surface area contributed by atoms with E-state index in [-0.39, 0.29) is 4.87 Å². The van der Waals surface area contributed by atoms with Crippen molar-refractivity contribution < 1.29 is 4.74 Å². The van der Waals surface area contributed by atoms with Gasteiger partial charge in [-0.2, -0.15) is 0 Å². The van der Waals surface area contributed by atoms with Crippen molar-refractivity contribution in [3.05, 3.63) is 38.8 Å². The first kappa shape index (κ1) is 12.9. The molecule has 0 aliphatic heterocycles. The van der Waals surface area contributed by atoms with Crippen molar-refractivity contribution in [3.63, 3.8) is 0 Å². The average Bonchev–Trinajstić information content (AvgIpc) is 2.69. The molecule has 2 rings (SSSR count). The van der Waals surface area contributed by atoms with Gasteiger partial charge in [-0.25, -0.2) is 0 Å². The van der Waals surface area contributed by atoms with Crippen LogP contribution in [0.5, 0.6) is 5.75 Å². The number of nitrogens with one attached hydrogen (secondary N) is 1. The third kappa shape index (κ3) is 2.80. The number of methoxy groups -OCH3 is 1. The monoisotopic (exact) mass is 264 g/mol. The molecule has 0 saturated heterocycles. The fourth-order valence-electron chi connectivity index (χ4n) is 1.75. The summed E-state index contributed by atoms with van der Waals surface area (Å²) in [4.78, 5) is 17.5. The zero-order valence-corrected chi connectivity index (χ0v) is 11.5. The van der Waals surface area contributed by atoms with Crippen LogP contribution < -0.4 is 9.61 Å². The topological polar surface area (TPSA) is 45.3 Å². The quantitative estimate of drug-likeness (QED) is 0.920. The molecule has 0 aliphatic rings. The third-order valence-electron chi connectivity index (χ3n) is 2.56. The van der Waals surface area contributed by atoms with Crippen LogP contribution in [0.1, 0.15) is 4.88 Å². The van der Waals surface area contributed by atoms with Crippen molar-refractivity contribution in [2.24, 2.45) is 0 Å². The van der Waals surface area contributed by atoms with Gasteiger partial charge in [-0.15, -0.1) is 0 Å². The van der Waals surface area contributed by atoms with Crippen LogP contribution in [0.25, 0.3) is 11.3 Å². The van der Waals surface area contributed by atoms with Crippen LogP contribution in [-0.2, 0) is 6.54 Å². The number of H-pyrrole nitrogens is 1. The van der Waals surface area contributed by atoms with E-state index >= 15 is 0 Å². The van der Waals surface area contributed by atoms with Crippen molar-refractivity contribution >= 4 is 11.3 Å². The average molecular weight is 264 g/mol. The van der Waals surface area contributed by atoms with Crippen molar-refractivity contribution in [2.45, 2.75) is 6.54 Å². The second-order valence-electron chi connectivity index (χ2n) is 4.28. The summed E-state index contributed by atoms with van der Waals surface area (Å²) in [6.07, 6.45) is 0. The molecule has 0 saturated carbocycles. The number of ether oxygens (including phenoxy) is 1. The molecule has 0 unspecified atom stereocenters. The van der Waals surface area contributed by atoms with Gasteiger partial charge >= 0.3 is 4.87 Å². The number of rotatable bonds is 4. The van der Waals surface area contributed by atoms with Gasteiger partial charge in [-0.3, -0.25) is 4.79 Å². The molecule has 0 spiro atoms. The predicted octanol–water partition coefficient (Wildman–Crippen LogP) is 2.17. The number of aromatic nitrogens is 1. The van der Waals surface area contributed by atoms with Crippen LogP contribution in [0.15, 0.2) is 29.1 Å². The highest BCUT2D eigenvalue weighted by atomic mass is 32.1. The molecule has 1 heterocycles. The van der Waals surface area contributed by atoms with Crippen molar-refractivity contribution in [1.29, 1.82) is 0 Å². The van der Waals surface area contributed by atoms with Crippen molar-refractivity contribution in [3.8, 4) is 17.0 Å². The molecule has 0 fully saturated rings.